The molecule has 2 rings (SSSR count). The Morgan fingerprint density at radius 2 is 2.26 bits per heavy atom. The van der Waals surface area contributed by atoms with Gasteiger partial charge in [-0.3, -0.25) is 9.69 Å². The van der Waals surface area contributed by atoms with Crippen molar-refractivity contribution in [1.82, 2.24) is 4.90 Å². The molecule has 3 nitrogen and oxygen atoms in total. The Hall–Kier alpha value is -0.870. The predicted octanol–water partition coefficient (Wildman–Crippen LogP) is 3.10. The molecule has 0 spiro atoms. The van der Waals surface area contributed by atoms with Gasteiger partial charge in [0.25, 0.3) is 0 Å². The minimum absolute atomic E-state index is 0.157. The molecule has 0 heterocycles. The number of halogens is 1. The van der Waals surface area contributed by atoms with Gasteiger partial charge in [0.1, 0.15) is 0 Å². The highest BCUT2D eigenvalue weighted by atomic mass is 79.9. The number of rotatable bonds is 5. The zero-order chi connectivity index (χ0) is 13.8. The largest absolute Gasteiger partial charge is 0.480 e. The molecule has 0 fully saturated rings. The summed E-state index contributed by atoms with van der Waals surface area (Å²) in [7, 11) is 0. The van der Waals surface area contributed by atoms with Crippen LogP contribution in [0, 0.1) is 0 Å². The van der Waals surface area contributed by atoms with E-state index in [9.17, 15) is 4.79 Å². The van der Waals surface area contributed by atoms with Gasteiger partial charge in [0, 0.05) is 10.5 Å². The molecule has 0 bridgehead atoms. The molecular weight excluding hydrogens is 306 g/mol. The van der Waals surface area contributed by atoms with Gasteiger partial charge in [-0.1, -0.05) is 28.9 Å². The van der Waals surface area contributed by atoms with Crippen LogP contribution in [-0.2, 0) is 17.6 Å². The molecule has 1 atom stereocenters. The average molecular weight is 326 g/mol. The standard InChI is InChI=1S/C15H20BrNO2/c1-2-7-17(10-15(18)19)14-6-4-11-8-13(16)5-3-12(11)9-14/h3,5,8,14H,2,4,6-7,9-10H2,1H3,(H,18,19). The Balaban J connectivity index is 2.10. The number of fused-ring (bicyclic) bond motifs is 1. The second-order valence-corrected chi connectivity index (χ2v) is 6.09. The highest BCUT2D eigenvalue weighted by Gasteiger charge is 2.25. The summed E-state index contributed by atoms with van der Waals surface area (Å²) in [6.07, 6.45) is 4.06. The van der Waals surface area contributed by atoms with Crippen LogP contribution in [-0.4, -0.2) is 35.1 Å². The molecule has 1 N–H and O–H groups in total. The minimum atomic E-state index is -0.727. The maximum atomic E-state index is 11.0. The summed E-state index contributed by atoms with van der Waals surface area (Å²) in [5.41, 5.74) is 2.77. The molecular formula is C15H20BrNO2. The smallest absolute Gasteiger partial charge is 0.317 e. The first-order valence-corrected chi connectivity index (χ1v) is 7.62. The maximum Gasteiger partial charge on any atom is 0.317 e. The number of carboxylic acids is 1. The molecule has 0 amide bonds. The van der Waals surface area contributed by atoms with Gasteiger partial charge in [-0.25, -0.2) is 0 Å². The monoisotopic (exact) mass is 325 g/mol. The molecule has 0 aliphatic heterocycles. The summed E-state index contributed by atoms with van der Waals surface area (Å²) in [6.45, 7) is 3.12. The van der Waals surface area contributed by atoms with E-state index in [1.54, 1.807) is 0 Å². The molecule has 1 aromatic carbocycles. The Kier molecular flexibility index (Phi) is 4.99. The van der Waals surface area contributed by atoms with E-state index in [0.29, 0.717) is 6.04 Å². The molecule has 1 aliphatic rings. The van der Waals surface area contributed by atoms with Gasteiger partial charge in [-0.2, -0.15) is 0 Å². The lowest BCUT2D eigenvalue weighted by molar-refractivity contribution is -0.139. The Bertz CT molecular complexity index is 461. The molecule has 104 valence electrons. The number of carboxylic acid groups (broad SMARTS) is 1. The Morgan fingerprint density at radius 3 is 2.95 bits per heavy atom. The van der Waals surface area contributed by atoms with Crippen molar-refractivity contribution in [2.75, 3.05) is 13.1 Å². The van der Waals surface area contributed by atoms with Gasteiger partial charge >= 0.3 is 5.97 Å². The quantitative estimate of drug-likeness (QED) is 0.904. The SMILES string of the molecule is CCCN(CC(=O)O)C1CCc2cc(Br)ccc2C1. The first kappa shape index (κ1) is 14.5. The molecule has 1 aliphatic carbocycles. The van der Waals surface area contributed by atoms with Gasteiger partial charge < -0.3 is 5.11 Å². The van der Waals surface area contributed by atoms with Crippen LogP contribution in [0.5, 0.6) is 0 Å². The van der Waals surface area contributed by atoms with Gasteiger partial charge in [-0.05, 0) is 55.5 Å². The van der Waals surface area contributed by atoms with E-state index in [-0.39, 0.29) is 6.54 Å². The molecule has 0 radical (unpaired) electrons. The van der Waals surface area contributed by atoms with Crippen molar-refractivity contribution in [3.05, 3.63) is 33.8 Å². The fourth-order valence-electron chi connectivity index (χ4n) is 2.87. The van der Waals surface area contributed by atoms with E-state index in [1.165, 1.54) is 11.1 Å². The summed E-state index contributed by atoms with van der Waals surface area (Å²) in [4.78, 5) is 13.1. The van der Waals surface area contributed by atoms with Gasteiger partial charge in [0.05, 0.1) is 6.54 Å². The number of hydrogen-bond donors (Lipinski definition) is 1. The summed E-state index contributed by atoms with van der Waals surface area (Å²) in [5, 5.41) is 9.02. The average Bonchev–Trinajstić information content (AvgIpc) is 2.37. The van der Waals surface area contributed by atoms with Crippen molar-refractivity contribution in [2.45, 2.75) is 38.6 Å². The van der Waals surface area contributed by atoms with Crippen molar-refractivity contribution in [2.24, 2.45) is 0 Å². The fourth-order valence-corrected chi connectivity index (χ4v) is 3.28. The van der Waals surface area contributed by atoms with E-state index in [1.807, 2.05) is 0 Å². The first-order chi connectivity index (χ1) is 9.10. The van der Waals surface area contributed by atoms with Crippen LogP contribution in [0.4, 0.5) is 0 Å². The summed E-state index contributed by atoms with van der Waals surface area (Å²) >= 11 is 3.50. The summed E-state index contributed by atoms with van der Waals surface area (Å²) in [6, 6.07) is 6.79. The molecule has 0 aromatic heterocycles. The second-order valence-electron chi connectivity index (χ2n) is 5.17. The predicted molar refractivity (Wildman–Crippen MR) is 79.5 cm³/mol. The zero-order valence-corrected chi connectivity index (χ0v) is 12.8. The molecule has 0 saturated carbocycles. The summed E-state index contributed by atoms with van der Waals surface area (Å²) < 4.78 is 1.13. The third kappa shape index (κ3) is 3.80. The third-order valence-electron chi connectivity index (χ3n) is 3.74. The van der Waals surface area contributed by atoms with Crippen molar-refractivity contribution in [3.63, 3.8) is 0 Å². The van der Waals surface area contributed by atoms with Gasteiger partial charge in [-0.15, -0.1) is 0 Å². The van der Waals surface area contributed by atoms with Crippen LogP contribution in [0.15, 0.2) is 22.7 Å². The van der Waals surface area contributed by atoms with E-state index in [4.69, 9.17) is 5.11 Å². The van der Waals surface area contributed by atoms with Crippen LogP contribution in [0.25, 0.3) is 0 Å². The normalized spacial score (nSPS) is 18.4. The van der Waals surface area contributed by atoms with Crippen LogP contribution < -0.4 is 0 Å². The van der Waals surface area contributed by atoms with Crippen molar-refractivity contribution >= 4 is 21.9 Å². The number of hydrogen-bond acceptors (Lipinski definition) is 2. The van der Waals surface area contributed by atoms with Crippen molar-refractivity contribution < 1.29 is 9.90 Å². The molecule has 4 heteroatoms. The maximum absolute atomic E-state index is 11.0. The highest BCUT2D eigenvalue weighted by Crippen LogP contribution is 2.27. The number of carbonyl (C=O) groups is 1. The van der Waals surface area contributed by atoms with E-state index < -0.39 is 5.97 Å². The molecule has 19 heavy (non-hydrogen) atoms. The lowest BCUT2D eigenvalue weighted by atomic mass is 9.87. The Labute approximate surface area is 122 Å². The lowest BCUT2D eigenvalue weighted by Gasteiger charge is -2.34. The van der Waals surface area contributed by atoms with Crippen LogP contribution in [0.1, 0.15) is 30.9 Å². The zero-order valence-electron chi connectivity index (χ0n) is 11.2. The molecule has 1 unspecified atom stereocenters. The van der Waals surface area contributed by atoms with E-state index in [0.717, 1.165) is 36.7 Å². The van der Waals surface area contributed by atoms with E-state index >= 15 is 0 Å². The van der Waals surface area contributed by atoms with Crippen LogP contribution in [0.2, 0.25) is 0 Å². The minimum Gasteiger partial charge on any atom is -0.480 e. The van der Waals surface area contributed by atoms with Crippen LogP contribution in [0.3, 0.4) is 0 Å². The Morgan fingerprint density at radius 1 is 1.47 bits per heavy atom. The van der Waals surface area contributed by atoms with E-state index in [2.05, 4.69) is 46.0 Å². The number of aliphatic carboxylic acids is 1. The number of benzene rings is 1. The first-order valence-electron chi connectivity index (χ1n) is 6.83. The van der Waals surface area contributed by atoms with Crippen molar-refractivity contribution in [1.29, 1.82) is 0 Å². The second kappa shape index (κ2) is 6.53. The number of nitrogens with zero attached hydrogens (tertiary/aromatic N) is 1. The van der Waals surface area contributed by atoms with Crippen LogP contribution >= 0.6 is 15.9 Å². The molecule has 1 aromatic rings. The fraction of sp³-hybridized carbons (Fsp3) is 0.533. The molecule has 0 saturated heterocycles. The summed E-state index contributed by atoms with van der Waals surface area (Å²) in [5.74, 6) is -0.727. The van der Waals surface area contributed by atoms with Crippen molar-refractivity contribution in [3.8, 4) is 0 Å². The van der Waals surface area contributed by atoms with Gasteiger partial charge in [0.2, 0.25) is 0 Å². The highest BCUT2D eigenvalue weighted by molar-refractivity contribution is 9.10. The lowest BCUT2D eigenvalue weighted by Crippen LogP contribution is -2.42. The third-order valence-corrected chi connectivity index (χ3v) is 4.23. The topological polar surface area (TPSA) is 40.5 Å². The number of aryl methyl sites for hydroxylation is 1. The van der Waals surface area contributed by atoms with Gasteiger partial charge in [0.15, 0.2) is 0 Å².